The van der Waals surface area contributed by atoms with E-state index >= 15 is 0 Å². The van der Waals surface area contributed by atoms with Gasteiger partial charge in [-0.15, -0.1) is 0 Å². The third kappa shape index (κ3) is 2.42. The number of amidine groups is 1. The summed E-state index contributed by atoms with van der Waals surface area (Å²) in [6.45, 7) is 3.19. The summed E-state index contributed by atoms with van der Waals surface area (Å²) in [6, 6.07) is 3.91. The molecule has 2 unspecified atom stereocenters. The smallest absolute Gasteiger partial charge is 0.189 e. The first-order chi connectivity index (χ1) is 9.28. The van der Waals surface area contributed by atoms with Crippen LogP contribution in [-0.4, -0.2) is 34.0 Å². The molecule has 1 aromatic heterocycles. The van der Waals surface area contributed by atoms with Gasteiger partial charge in [-0.05, 0) is 36.3 Å². The first kappa shape index (κ1) is 12.4. The van der Waals surface area contributed by atoms with Crippen LogP contribution in [0.5, 0.6) is 0 Å². The van der Waals surface area contributed by atoms with Crippen LogP contribution < -0.4 is 5.73 Å². The maximum Gasteiger partial charge on any atom is 0.189 e. The van der Waals surface area contributed by atoms with Crippen LogP contribution in [0, 0.1) is 11.8 Å². The van der Waals surface area contributed by atoms with Crippen molar-refractivity contribution in [1.29, 1.82) is 0 Å². The molecule has 1 aromatic rings. The van der Waals surface area contributed by atoms with Gasteiger partial charge in [-0.2, -0.15) is 0 Å². The van der Waals surface area contributed by atoms with E-state index < -0.39 is 0 Å². The minimum absolute atomic E-state index is 0.0926. The van der Waals surface area contributed by atoms with Crippen LogP contribution in [0.3, 0.4) is 0 Å². The topological polar surface area (TPSA) is 74.7 Å². The fraction of sp³-hybridized carbons (Fsp3) is 0.571. The Balaban J connectivity index is 1.74. The normalized spacial score (nSPS) is 27.7. The lowest BCUT2D eigenvalue weighted by atomic mass is 10.0. The Morgan fingerprint density at radius 2 is 2.16 bits per heavy atom. The zero-order valence-corrected chi connectivity index (χ0v) is 11.0. The lowest BCUT2D eigenvalue weighted by molar-refractivity contribution is 0.302. The molecule has 2 fully saturated rings. The Bertz CT molecular complexity index is 476. The Morgan fingerprint density at radius 3 is 2.84 bits per heavy atom. The maximum atomic E-state index is 8.81. The number of nitrogens with two attached hydrogens (primary N) is 1. The molecular weight excluding hydrogens is 240 g/mol. The quantitative estimate of drug-likeness (QED) is 0.373. The summed E-state index contributed by atoms with van der Waals surface area (Å²) in [5.41, 5.74) is 7.32. The van der Waals surface area contributed by atoms with Gasteiger partial charge in [0, 0.05) is 25.8 Å². The monoisotopic (exact) mass is 260 g/mol. The number of oxime groups is 1. The van der Waals surface area contributed by atoms with Crippen molar-refractivity contribution < 1.29 is 5.21 Å². The minimum Gasteiger partial charge on any atom is -0.409 e. The molecule has 1 saturated heterocycles. The van der Waals surface area contributed by atoms with Crippen LogP contribution in [0.4, 0.5) is 0 Å². The predicted molar refractivity (Wildman–Crippen MR) is 72.9 cm³/mol. The van der Waals surface area contributed by atoms with Gasteiger partial charge in [0.1, 0.15) is 5.69 Å². The number of rotatable bonds is 3. The average molecular weight is 260 g/mol. The Hall–Kier alpha value is -1.62. The second-order valence-corrected chi connectivity index (χ2v) is 5.64. The molecule has 5 nitrogen and oxygen atoms in total. The van der Waals surface area contributed by atoms with Gasteiger partial charge in [0.05, 0.1) is 0 Å². The van der Waals surface area contributed by atoms with Gasteiger partial charge >= 0.3 is 0 Å². The number of hydrogen-bond acceptors (Lipinski definition) is 4. The minimum atomic E-state index is 0.0926. The molecule has 5 heteroatoms. The number of fused-ring (bicyclic) bond motifs is 1. The van der Waals surface area contributed by atoms with Crippen LogP contribution in [0.1, 0.15) is 30.5 Å². The molecular formula is C14H20N4O. The van der Waals surface area contributed by atoms with Crippen molar-refractivity contribution in [3.05, 3.63) is 29.6 Å². The highest BCUT2D eigenvalue weighted by molar-refractivity contribution is 5.96. The van der Waals surface area contributed by atoms with Gasteiger partial charge in [-0.1, -0.05) is 17.6 Å². The molecule has 3 N–H and O–H groups in total. The molecule has 0 aromatic carbocycles. The van der Waals surface area contributed by atoms with Crippen molar-refractivity contribution in [1.82, 2.24) is 9.88 Å². The fourth-order valence-corrected chi connectivity index (χ4v) is 3.55. The van der Waals surface area contributed by atoms with Gasteiger partial charge in [0.25, 0.3) is 0 Å². The first-order valence-electron chi connectivity index (χ1n) is 6.92. The van der Waals surface area contributed by atoms with Crippen molar-refractivity contribution >= 4 is 5.84 Å². The van der Waals surface area contributed by atoms with Crippen molar-refractivity contribution in [2.75, 3.05) is 13.1 Å². The zero-order valence-electron chi connectivity index (χ0n) is 11.0. The fourth-order valence-electron chi connectivity index (χ4n) is 3.55. The zero-order chi connectivity index (χ0) is 13.2. The average Bonchev–Trinajstić information content (AvgIpc) is 2.99. The number of aromatic nitrogens is 1. The van der Waals surface area contributed by atoms with Gasteiger partial charge in [0.2, 0.25) is 0 Å². The summed E-state index contributed by atoms with van der Waals surface area (Å²) in [7, 11) is 0. The highest BCUT2D eigenvalue weighted by Crippen LogP contribution is 2.38. The second kappa shape index (κ2) is 5.17. The van der Waals surface area contributed by atoms with Gasteiger partial charge in [-0.25, -0.2) is 0 Å². The van der Waals surface area contributed by atoms with Crippen molar-refractivity contribution in [2.45, 2.75) is 25.8 Å². The van der Waals surface area contributed by atoms with Crippen LogP contribution in [0.25, 0.3) is 0 Å². The summed E-state index contributed by atoms with van der Waals surface area (Å²) in [5, 5.41) is 11.9. The number of nitrogens with zero attached hydrogens (tertiary/aromatic N) is 3. The SMILES string of the molecule is N/C(=N/O)c1ncccc1CN1CC2CCCC2C1. The summed E-state index contributed by atoms with van der Waals surface area (Å²) in [4.78, 5) is 6.69. The van der Waals surface area contributed by atoms with Crippen molar-refractivity contribution in [3.8, 4) is 0 Å². The first-order valence-corrected chi connectivity index (χ1v) is 6.92. The van der Waals surface area contributed by atoms with Gasteiger partial charge < -0.3 is 10.9 Å². The summed E-state index contributed by atoms with van der Waals surface area (Å²) < 4.78 is 0. The number of pyridine rings is 1. The largest absolute Gasteiger partial charge is 0.409 e. The molecule has 2 atom stereocenters. The van der Waals surface area contributed by atoms with Crippen LogP contribution >= 0.6 is 0 Å². The summed E-state index contributed by atoms with van der Waals surface area (Å²) >= 11 is 0. The highest BCUT2D eigenvalue weighted by Gasteiger charge is 2.36. The van der Waals surface area contributed by atoms with Crippen molar-refractivity contribution in [2.24, 2.45) is 22.7 Å². The Labute approximate surface area is 113 Å². The molecule has 0 spiro atoms. The van der Waals surface area contributed by atoms with Crippen molar-refractivity contribution in [3.63, 3.8) is 0 Å². The van der Waals surface area contributed by atoms with Gasteiger partial charge in [0.15, 0.2) is 5.84 Å². The second-order valence-electron chi connectivity index (χ2n) is 5.64. The lowest BCUT2D eigenvalue weighted by Gasteiger charge is -2.18. The molecule has 2 aliphatic rings. The molecule has 1 saturated carbocycles. The van der Waals surface area contributed by atoms with E-state index in [1.54, 1.807) is 6.20 Å². The van der Waals surface area contributed by atoms with E-state index in [1.807, 2.05) is 12.1 Å². The van der Waals surface area contributed by atoms with E-state index in [-0.39, 0.29) is 5.84 Å². The molecule has 1 aliphatic heterocycles. The Kier molecular flexibility index (Phi) is 3.38. The lowest BCUT2D eigenvalue weighted by Crippen LogP contribution is -2.25. The number of likely N-dealkylation sites (tertiary alicyclic amines) is 1. The molecule has 0 radical (unpaired) electrons. The Morgan fingerprint density at radius 1 is 1.42 bits per heavy atom. The standard InChI is InChI=1S/C14H20N4O/c15-14(17-19)13-12(5-2-6-16-13)9-18-7-10-3-1-4-11(10)8-18/h2,5-6,10-11,19H,1,3-4,7-9H2,(H2,15,17). The van der Waals surface area contributed by atoms with E-state index in [4.69, 9.17) is 10.9 Å². The van der Waals surface area contributed by atoms with E-state index in [1.165, 1.54) is 32.4 Å². The van der Waals surface area contributed by atoms with E-state index in [2.05, 4.69) is 15.0 Å². The molecule has 0 bridgehead atoms. The molecule has 19 heavy (non-hydrogen) atoms. The van der Waals surface area contributed by atoms with E-state index in [0.717, 1.165) is 23.9 Å². The number of hydrogen-bond donors (Lipinski definition) is 2. The van der Waals surface area contributed by atoms with Crippen LogP contribution in [-0.2, 0) is 6.54 Å². The highest BCUT2D eigenvalue weighted by atomic mass is 16.4. The predicted octanol–water partition coefficient (Wildman–Crippen LogP) is 1.41. The summed E-state index contributed by atoms with van der Waals surface area (Å²) in [5.74, 6) is 1.85. The summed E-state index contributed by atoms with van der Waals surface area (Å²) in [6.07, 6.45) is 5.82. The van der Waals surface area contributed by atoms with E-state index in [0.29, 0.717) is 5.69 Å². The maximum absolute atomic E-state index is 8.81. The molecule has 102 valence electrons. The molecule has 0 amide bonds. The van der Waals surface area contributed by atoms with E-state index in [9.17, 15) is 0 Å². The van der Waals surface area contributed by atoms with Crippen LogP contribution in [0.2, 0.25) is 0 Å². The molecule has 3 rings (SSSR count). The molecule has 2 heterocycles. The van der Waals surface area contributed by atoms with Crippen LogP contribution in [0.15, 0.2) is 23.5 Å². The third-order valence-corrected chi connectivity index (χ3v) is 4.44. The molecule has 1 aliphatic carbocycles. The van der Waals surface area contributed by atoms with Gasteiger partial charge in [-0.3, -0.25) is 9.88 Å². The third-order valence-electron chi connectivity index (χ3n) is 4.44.